The van der Waals surface area contributed by atoms with E-state index < -0.39 is 5.97 Å². The van der Waals surface area contributed by atoms with Gasteiger partial charge in [-0.15, -0.1) is 0 Å². The lowest BCUT2D eigenvalue weighted by molar-refractivity contribution is -0.124. The van der Waals surface area contributed by atoms with E-state index in [0.29, 0.717) is 18.2 Å². The number of ether oxygens (including phenoxy) is 1. The fourth-order valence-corrected chi connectivity index (χ4v) is 3.37. The number of rotatable bonds is 6. The van der Waals surface area contributed by atoms with Gasteiger partial charge >= 0.3 is 5.97 Å². The first-order valence-electron chi connectivity index (χ1n) is 8.87. The number of benzene rings is 1. The molecule has 1 aromatic heterocycles. The van der Waals surface area contributed by atoms with Crippen molar-refractivity contribution >= 4 is 27.8 Å². The molecule has 1 fully saturated rings. The van der Waals surface area contributed by atoms with Crippen molar-refractivity contribution in [3.63, 3.8) is 0 Å². The van der Waals surface area contributed by atoms with E-state index in [4.69, 9.17) is 4.74 Å². The molecule has 0 spiro atoms. The number of carbonyl (C=O) groups excluding carboxylic acids is 2. The Balaban J connectivity index is 1.46. The summed E-state index contributed by atoms with van der Waals surface area (Å²) in [7, 11) is 0. The second-order valence-electron chi connectivity index (χ2n) is 6.56. The summed E-state index contributed by atoms with van der Waals surface area (Å²) in [5.74, 6) is -0.310. The highest BCUT2D eigenvalue weighted by molar-refractivity contribution is 9.10. The van der Waals surface area contributed by atoms with Crippen LogP contribution in [0.3, 0.4) is 0 Å². The van der Waals surface area contributed by atoms with E-state index >= 15 is 0 Å². The maximum Gasteiger partial charge on any atom is 0.356 e. The quantitative estimate of drug-likeness (QED) is 0.699. The zero-order chi connectivity index (χ0) is 18.4. The smallest absolute Gasteiger partial charge is 0.356 e. The van der Waals surface area contributed by atoms with Gasteiger partial charge in [-0.25, -0.2) is 4.79 Å². The number of hydrogen-bond acceptors (Lipinski definition) is 4. The summed E-state index contributed by atoms with van der Waals surface area (Å²) in [6.45, 7) is 0.381. The molecule has 3 rings (SSSR count). The molecule has 0 atom stereocenters. The topological polar surface area (TPSA) is 84.1 Å². The molecule has 1 aliphatic rings. The van der Waals surface area contributed by atoms with Crippen LogP contribution < -0.4 is 5.32 Å². The first kappa shape index (κ1) is 18.6. The van der Waals surface area contributed by atoms with Crippen LogP contribution in [0.25, 0.3) is 11.3 Å². The van der Waals surface area contributed by atoms with Gasteiger partial charge in [0, 0.05) is 16.6 Å². The molecule has 0 bridgehead atoms. The summed E-state index contributed by atoms with van der Waals surface area (Å²) >= 11 is 3.38. The Bertz CT molecular complexity index is 752. The minimum atomic E-state index is -0.589. The Morgan fingerprint density at radius 1 is 1.19 bits per heavy atom. The van der Waals surface area contributed by atoms with E-state index in [1.807, 2.05) is 24.3 Å². The molecule has 1 aromatic carbocycles. The summed E-state index contributed by atoms with van der Waals surface area (Å²) in [6.07, 6.45) is 6.07. The van der Waals surface area contributed by atoms with Crippen molar-refractivity contribution in [2.75, 3.05) is 13.2 Å². The summed E-state index contributed by atoms with van der Waals surface area (Å²) in [6, 6.07) is 9.21. The first-order valence-corrected chi connectivity index (χ1v) is 9.66. The maximum atomic E-state index is 12.1. The van der Waals surface area contributed by atoms with Gasteiger partial charge in [0.2, 0.25) is 0 Å². The fraction of sp³-hybridized carbons (Fsp3) is 0.421. The van der Waals surface area contributed by atoms with Gasteiger partial charge in [-0.05, 0) is 37.0 Å². The van der Waals surface area contributed by atoms with Crippen LogP contribution in [0.15, 0.2) is 34.8 Å². The minimum Gasteiger partial charge on any atom is -0.451 e. The first-order chi connectivity index (χ1) is 12.6. The molecule has 2 N–H and O–H groups in total. The van der Waals surface area contributed by atoms with Crippen molar-refractivity contribution in [1.29, 1.82) is 0 Å². The molecule has 1 heterocycles. The van der Waals surface area contributed by atoms with Crippen molar-refractivity contribution < 1.29 is 14.3 Å². The average Bonchev–Trinajstić information content (AvgIpc) is 3.16. The lowest BCUT2D eigenvalue weighted by atomic mass is 9.89. The second-order valence-corrected chi connectivity index (χ2v) is 7.47. The van der Waals surface area contributed by atoms with Gasteiger partial charge in [-0.2, -0.15) is 5.10 Å². The van der Waals surface area contributed by atoms with E-state index in [1.54, 1.807) is 6.07 Å². The number of H-pyrrole nitrogens is 1. The van der Waals surface area contributed by atoms with Crippen molar-refractivity contribution in [3.05, 3.63) is 40.5 Å². The number of amides is 1. The van der Waals surface area contributed by atoms with Crippen molar-refractivity contribution in [2.24, 2.45) is 5.92 Å². The molecule has 1 saturated carbocycles. The summed E-state index contributed by atoms with van der Waals surface area (Å²) < 4.78 is 6.04. The van der Waals surface area contributed by atoms with Crippen LogP contribution in [-0.2, 0) is 9.53 Å². The molecule has 2 aromatic rings. The molecular weight excluding hydrogens is 398 g/mol. The number of esters is 1. The monoisotopic (exact) mass is 419 g/mol. The van der Waals surface area contributed by atoms with Gasteiger partial charge in [0.25, 0.3) is 5.91 Å². The van der Waals surface area contributed by atoms with Crippen LogP contribution in [0.2, 0.25) is 0 Å². The van der Waals surface area contributed by atoms with Crippen molar-refractivity contribution in [3.8, 4) is 11.3 Å². The van der Waals surface area contributed by atoms with Crippen LogP contribution in [-0.4, -0.2) is 35.2 Å². The summed E-state index contributed by atoms with van der Waals surface area (Å²) in [5, 5.41) is 9.63. The molecular formula is C19H22BrN3O3. The van der Waals surface area contributed by atoms with Crippen LogP contribution in [0.5, 0.6) is 0 Å². The van der Waals surface area contributed by atoms with Gasteiger partial charge in [0.15, 0.2) is 6.61 Å². The lowest BCUT2D eigenvalue weighted by Crippen LogP contribution is -2.33. The number of aromatic amines is 1. The van der Waals surface area contributed by atoms with Crippen molar-refractivity contribution in [2.45, 2.75) is 32.1 Å². The molecule has 6 nitrogen and oxygen atoms in total. The van der Waals surface area contributed by atoms with Gasteiger partial charge in [0.05, 0.1) is 5.69 Å². The number of hydrogen-bond donors (Lipinski definition) is 2. The SMILES string of the molecule is O=C(COC(=O)c1cc(-c2ccc(Br)cc2)n[nH]1)NCC1CCCCC1. The molecule has 0 unspecified atom stereocenters. The lowest BCUT2D eigenvalue weighted by Gasteiger charge is -2.21. The predicted molar refractivity (Wildman–Crippen MR) is 102 cm³/mol. The highest BCUT2D eigenvalue weighted by Gasteiger charge is 2.16. The van der Waals surface area contributed by atoms with E-state index in [1.165, 1.54) is 19.3 Å². The van der Waals surface area contributed by atoms with Crippen molar-refractivity contribution in [1.82, 2.24) is 15.5 Å². The Hall–Kier alpha value is -2.15. The minimum absolute atomic E-state index is 0.225. The zero-order valence-electron chi connectivity index (χ0n) is 14.5. The van der Waals surface area contributed by atoms with E-state index in [-0.39, 0.29) is 18.2 Å². The third kappa shape index (κ3) is 5.17. The predicted octanol–water partition coefficient (Wildman–Crippen LogP) is 3.69. The number of carbonyl (C=O) groups is 2. The average molecular weight is 420 g/mol. The molecule has 26 heavy (non-hydrogen) atoms. The number of aromatic nitrogens is 2. The Labute approximate surface area is 160 Å². The molecule has 7 heteroatoms. The number of nitrogens with zero attached hydrogens (tertiary/aromatic N) is 1. The fourth-order valence-electron chi connectivity index (χ4n) is 3.10. The second kappa shape index (κ2) is 8.98. The number of nitrogens with one attached hydrogen (secondary N) is 2. The maximum absolute atomic E-state index is 12.1. The molecule has 0 aliphatic heterocycles. The molecule has 138 valence electrons. The van der Waals surface area contributed by atoms with Crippen LogP contribution >= 0.6 is 15.9 Å². The van der Waals surface area contributed by atoms with Gasteiger partial charge in [-0.1, -0.05) is 47.3 Å². The molecule has 1 amide bonds. The van der Waals surface area contributed by atoms with Gasteiger partial charge in [0.1, 0.15) is 5.69 Å². The summed E-state index contributed by atoms with van der Waals surface area (Å²) in [4.78, 5) is 23.9. The third-order valence-corrected chi connectivity index (χ3v) is 5.11. The summed E-state index contributed by atoms with van der Waals surface area (Å²) in [5.41, 5.74) is 1.75. The van der Waals surface area contributed by atoms with E-state index in [9.17, 15) is 9.59 Å². The zero-order valence-corrected chi connectivity index (χ0v) is 16.0. The van der Waals surface area contributed by atoms with Crippen LogP contribution in [0, 0.1) is 5.92 Å². The molecule has 0 saturated heterocycles. The van der Waals surface area contributed by atoms with E-state index in [2.05, 4.69) is 31.4 Å². The Morgan fingerprint density at radius 2 is 1.92 bits per heavy atom. The third-order valence-electron chi connectivity index (χ3n) is 4.58. The Kier molecular flexibility index (Phi) is 6.44. The van der Waals surface area contributed by atoms with E-state index in [0.717, 1.165) is 22.9 Å². The highest BCUT2D eigenvalue weighted by Crippen LogP contribution is 2.23. The normalized spacial score (nSPS) is 14.8. The molecule has 1 aliphatic carbocycles. The largest absolute Gasteiger partial charge is 0.451 e. The van der Waals surface area contributed by atoms with Crippen LogP contribution in [0.1, 0.15) is 42.6 Å². The number of halogens is 1. The Morgan fingerprint density at radius 3 is 2.65 bits per heavy atom. The van der Waals surface area contributed by atoms with Gasteiger partial charge in [-0.3, -0.25) is 9.89 Å². The molecule has 0 radical (unpaired) electrons. The highest BCUT2D eigenvalue weighted by atomic mass is 79.9. The van der Waals surface area contributed by atoms with Crippen LogP contribution in [0.4, 0.5) is 0 Å². The standard InChI is InChI=1S/C19H22BrN3O3/c20-15-8-6-14(7-9-15)16-10-17(23-22-16)19(25)26-12-18(24)21-11-13-4-2-1-3-5-13/h6-10,13H,1-5,11-12H2,(H,21,24)(H,22,23). The van der Waals surface area contributed by atoms with Gasteiger partial charge < -0.3 is 10.1 Å².